The van der Waals surface area contributed by atoms with Gasteiger partial charge in [0.1, 0.15) is 12.0 Å². The molecule has 2 aromatic carbocycles. The van der Waals surface area contributed by atoms with Crippen molar-refractivity contribution in [2.75, 3.05) is 12.4 Å². The number of hydrogen-bond donors (Lipinski definition) is 3. The van der Waals surface area contributed by atoms with E-state index in [1.807, 2.05) is 0 Å². The first-order chi connectivity index (χ1) is 13.0. The number of carbonyl (C=O) groups is 1. The second-order valence-corrected chi connectivity index (χ2v) is 6.55. The molecule has 1 aliphatic heterocycles. The van der Waals surface area contributed by atoms with Gasteiger partial charge >= 0.3 is 5.97 Å². The molecule has 0 amide bonds. The van der Waals surface area contributed by atoms with Crippen LogP contribution < -0.4 is 16.6 Å². The number of hydrogen-bond acceptors (Lipinski definition) is 6. The number of anilines is 1. The first kappa shape index (κ1) is 19.3. The molecule has 1 unspecified atom stereocenters. The summed E-state index contributed by atoms with van der Waals surface area (Å²) < 4.78 is 19.2. The van der Waals surface area contributed by atoms with Crippen LogP contribution in [-0.2, 0) is 9.53 Å². The number of hydrazine groups is 1. The zero-order valence-electron chi connectivity index (χ0n) is 14.7. The highest BCUT2D eigenvalue weighted by Crippen LogP contribution is 2.29. The van der Waals surface area contributed by atoms with Crippen molar-refractivity contribution in [3.05, 3.63) is 64.4 Å². The zero-order chi connectivity index (χ0) is 19.4. The van der Waals surface area contributed by atoms with Crippen LogP contribution in [0, 0.1) is 5.82 Å². The number of aliphatic imine (C=N–C) groups is 1. The van der Waals surface area contributed by atoms with Crippen molar-refractivity contribution in [1.82, 2.24) is 5.43 Å². The van der Waals surface area contributed by atoms with Crippen LogP contribution >= 0.6 is 11.6 Å². The molecule has 0 saturated carbocycles. The minimum absolute atomic E-state index is 0.159. The Kier molecular flexibility index (Phi) is 6.05. The third kappa shape index (κ3) is 4.27. The van der Waals surface area contributed by atoms with E-state index in [0.29, 0.717) is 34.0 Å². The molecule has 8 heteroatoms. The predicted molar refractivity (Wildman–Crippen MR) is 103 cm³/mol. The van der Waals surface area contributed by atoms with E-state index in [1.165, 1.54) is 13.2 Å². The summed E-state index contributed by atoms with van der Waals surface area (Å²) in [5.74, 6) is 4.96. The molecule has 2 atom stereocenters. The molecule has 6 nitrogen and oxygen atoms in total. The van der Waals surface area contributed by atoms with E-state index in [2.05, 4.69) is 10.7 Å². The number of methoxy groups -OCH3 is 1. The molecule has 0 radical (unpaired) electrons. The number of esters is 1. The maximum Gasteiger partial charge on any atom is 0.305 e. The van der Waals surface area contributed by atoms with Crippen molar-refractivity contribution in [2.24, 2.45) is 10.8 Å². The first-order valence-corrected chi connectivity index (χ1v) is 8.83. The van der Waals surface area contributed by atoms with E-state index in [4.69, 9.17) is 27.2 Å². The van der Waals surface area contributed by atoms with Crippen LogP contribution in [0.15, 0.2) is 47.5 Å². The molecule has 1 aliphatic rings. The van der Waals surface area contributed by atoms with Gasteiger partial charge in [0.15, 0.2) is 0 Å². The zero-order valence-corrected chi connectivity index (χ0v) is 15.5. The lowest BCUT2D eigenvalue weighted by Crippen LogP contribution is -2.48. The van der Waals surface area contributed by atoms with Crippen LogP contribution in [0.25, 0.3) is 0 Å². The van der Waals surface area contributed by atoms with E-state index in [9.17, 15) is 9.18 Å². The smallest absolute Gasteiger partial charge is 0.305 e. The molecular weight excluding hydrogens is 371 g/mol. The number of rotatable bonds is 5. The molecule has 0 fully saturated rings. The van der Waals surface area contributed by atoms with Gasteiger partial charge in [0.05, 0.1) is 18.9 Å². The number of carbonyl (C=O) groups excluding carboxylic acids is 1. The highest BCUT2D eigenvalue weighted by atomic mass is 35.5. The van der Waals surface area contributed by atoms with Crippen molar-refractivity contribution in [2.45, 2.75) is 25.0 Å². The van der Waals surface area contributed by atoms with Gasteiger partial charge in [-0.1, -0.05) is 23.7 Å². The number of nitrogens with one attached hydrogen (secondary N) is 2. The monoisotopic (exact) mass is 390 g/mol. The highest BCUT2D eigenvalue weighted by Gasteiger charge is 2.28. The van der Waals surface area contributed by atoms with Crippen LogP contribution in [0.3, 0.4) is 0 Å². The van der Waals surface area contributed by atoms with Crippen LogP contribution in [0.5, 0.6) is 0 Å². The lowest BCUT2D eigenvalue weighted by molar-refractivity contribution is -0.140. The average Bonchev–Trinajstić information content (AvgIpc) is 2.83. The molecule has 142 valence electrons. The van der Waals surface area contributed by atoms with Crippen LogP contribution in [0.1, 0.15) is 24.0 Å². The predicted octanol–water partition coefficient (Wildman–Crippen LogP) is 2.85. The van der Waals surface area contributed by atoms with Gasteiger partial charge < -0.3 is 10.1 Å². The van der Waals surface area contributed by atoms with Gasteiger partial charge in [0, 0.05) is 28.3 Å². The summed E-state index contributed by atoms with van der Waals surface area (Å²) in [4.78, 5) is 16.3. The Bertz CT molecular complexity index is 875. The summed E-state index contributed by atoms with van der Waals surface area (Å²) in [5.41, 5.74) is 4.85. The van der Waals surface area contributed by atoms with E-state index in [0.717, 1.165) is 0 Å². The summed E-state index contributed by atoms with van der Waals surface area (Å²) in [7, 11) is 1.33. The fourth-order valence-electron chi connectivity index (χ4n) is 3.03. The van der Waals surface area contributed by atoms with Crippen LogP contribution in [0.4, 0.5) is 10.1 Å². The van der Waals surface area contributed by atoms with Crippen molar-refractivity contribution < 1.29 is 13.9 Å². The number of benzene rings is 2. The van der Waals surface area contributed by atoms with Crippen molar-refractivity contribution in [3.63, 3.8) is 0 Å². The van der Waals surface area contributed by atoms with Crippen molar-refractivity contribution in [3.8, 4) is 0 Å². The Labute approximate surface area is 161 Å². The molecule has 0 spiro atoms. The Morgan fingerprint density at radius 1 is 1.33 bits per heavy atom. The first-order valence-electron chi connectivity index (χ1n) is 8.45. The van der Waals surface area contributed by atoms with Gasteiger partial charge in [-0.2, -0.15) is 0 Å². The second-order valence-electron chi connectivity index (χ2n) is 6.12. The number of benzodiazepines with no additional fused rings is 1. The molecule has 1 heterocycles. The van der Waals surface area contributed by atoms with Crippen molar-refractivity contribution in [1.29, 1.82) is 0 Å². The fourth-order valence-corrected chi connectivity index (χ4v) is 3.20. The normalized spacial score (nSPS) is 18.7. The number of fused-ring (bicyclic) bond motifs is 1. The van der Waals surface area contributed by atoms with Gasteiger partial charge in [-0.15, -0.1) is 0 Å². The quantitative estimate of drug-likeness (QED) is 0.415. The largest absolute Gasteiger partial charge is 0.469 e. The summed E-state index contributed by atoms with van der Waals surface area (Å²) >= 11 is 6.17. The maximum absolute atomic E-state index is 14.5. The molecule has 0 aliphatic carbocycles. The molecule has 4 N–H and O–H groups in total. The summed E-state index contributed by atoms with van der Waals surface area (Å²) in [5, 5.41) is 3.77. The van der Waals surface area contributed by atoms with E-state index in [-0.39, 0.29) is 12.4 Å². The van der Waals surface area contributed by atoms with Crippen molar-refractivity contribution >= 4 is 29.0 Å². The Morgan fingerprint density at radius 2 is 2.11 bits per heavy atom. The van der Waals surface area contributed by atoms with E-state index in [1.54, 1.807) is 36.4 Å². The molecule has 3 rings (SSSR count). The third-order valence-electron chi connectivity index (χ3n) is 4.41. The van der Waals surface area contributed by atoms with Gasteiger partial charge in [-0.3, -0.25) is 15.6 Å². The molecule has 27 heavy (non-hydrogen) atoms. The molecule has 0 aromatic heterocycles. The Hall–Kier alpha value is -2.48. The topological polar surface area (TPSA) is 88.7 Å². The molecule has 0 bridgehead atoms. The highest BCUT2D eigenvalue weighted by molar-refractivity contribution is 6.31. The van der Waals surface area contributed by atoms with E-state index >= 15 is 0 Å². The number of nitrogens with zero attached hydrogens (tertiary/aromatic N) is 1. The molecule has 2 aromatic rings. The lowest BCUT2D eigenvalue weighted by Gasteiger charge is -2.23. The maximum atomic E-state index is 14.5. The van der Waals surface area contributed by atoms with Gasteiger partial charge in [-0.05, 0) is 36.8 Å². The van der Waals surface area contributed by atoms with E-state index < -0.39 is 18.0 Å². The third-order valence-corrected chi connectivity index (χ3v) is 4.64. The van der Waals surface area contributed by atoms with Gasteiger partial charge in [-0.25, -0.2) is 9.82 Å². The van der Waals surface area contributed by atoms with Gasteiger partial charge in [0.25, 0.3) is 0 Å². The fraction of sp³-hybridized carbons (Fsp3) is 0.263. The Balaban J connectivity index is 2.11. The van der Waals surface area contributed by atoms with Crippen LogP contribution in [0.2, 0.25) is 5.02 Å². The number of halogens is 2. The minimum atomic E-state index is -0.459. The number of nitrogens with two attached hydrogens (primary N) is 1. The average molecular weight is 391 g/mol. The lowest BCUT2D eigenvalue weighted by atomic mass is 10.00. The Morgan fingerprint density at radius 3 is 2.81 bits per heavy atom. The van der Waals surface area contributed by atoms with Crippen LogP contribution in [-0.4, -0.2) is 31.0 Å². The summed E-state index contributed by atoms with van der Waals surface area (Å²) in [6, 6.07) is 11.2. The standard InChI is InChI=1S/C19H20ClFN4O2/c1-27-17(26)9-8-16-19(25-22)24-15-7-6-11(20)10-13(15)18(23-16)12-4-2-3-5-14(12)21/h2-7,10,16,19,24-25H,8-9,22H2,1H3/t16?,19-/m0/s1. The second kappa shape index (κ2) is 8.47. The summed E-state index contributed by atoms with van der Waals surface area (Å²) in [6.45, 7) is 0. The minimum Gasteiger partial charge on any atom is -0.469 e. The molecular formula is C19H20ClFN4O2. The molecule has 0 saturated heterocycles. The number of ether oxygens (including phenoxy) is 1. The van der Waals surface area contributed by atoms with Gasteiger partial charge in [0.2, 0.25) is 0 Å². The summed E-state index contributed by atoms with van der Waals surface area (Å²) in [6.07, 6.45) is 0.0688. The SMILES string of the molecule is COC(=O)CCC1N=C(c2ccccc2F)c2cc(Cl)ccc2N[C@H]1NN.